The van der Waals surface area contributed by atoms with E-state index in [-0.39, 0.29) is 18.0 Å². The first kappa shape index (κ1) is 14.6. The summed E-state index contributed by atoms with van der Waals surface area (Å²) in [4.78, 5) is 29.1. The van der Waals surface area contributed by atoms with E-state index in [4.69, 9.17) is 4.74 Å². The number of carbonyl (C=O) groups is 2. The van der Waals surface area contributed by atoms with E-state index in [1.807, 2.05) is 20.8 Å². The largest absolute Gasteiger partial charge is 0.444 e. The van der Waals surface area contributed by atoms with Crippen LogP contribution in [0.15, 0.2) is 4.99 Å². The van der Waals surface area contributed by atoms with Gasteiger partial charge in [-0.1, -0.05) is 0 Å². The van der Waals surface area contributed by atoms with Crippen molar-refractivity contribution in [3.05, 3.63) is 0 Å². The summed E-state index contributed by atoms with van der Waals surface area (Å²) in [7, 11) is 0. The first-order chi connectivity index (χ1) is 9.33. The van der Waals surface area contributed by atoms with Gasteiger partial charge in [0.2, 0.25) is 5.91 Å². The average Bonchev–Trinajstić information content (AvgIpc) is 2.73. The van der Waals surface area contributed by atoms with E-state index >= 15 is 0 Å². The second-order valence-electron chi connectivity index (χ2n) is 6.08. The first-order valence-corrected chi connectivity index (χ1v) is 6.88. The van der Waals surface area contributed by atoms with Gasteiger partial charge in [0.05, 0.1) is 19.1 Å². The summed E-state index contributed by atoms with van der Waals surface area (Å²) in [6.07, 6.45) is 0.123. The van der Waals surface area contributed by atoms with Crippen molar-refractivity contribution in [3.63, 3.8) is 0 Å². The molecule has 20 heavy (non-hydrogen) atoms. The number of amides is 2. The van der Waals surface area contributed by atoms with Crippen molar-refractivity contribution >= 4 is 17.8 Å². The molecule has 1 atom stereocenters. The van der Waals surface area contributed by atoms with Crippen LogP contribution in [0.5, 0.6) is 0 Å². The second-order valence-corrected chi connectivity index (χ2v) is 6.08. The van der Waals surface area contributed by atoms with E-state index < -0.39 is 5.60 Å². The van der Waals surface area contributed by atoms with Crippen LogP contribution in [0, 0.1) is 0 Å². The van der Waals surface area contributed by atoms with Gasteiger partial charge in [-0.15, -0.1) is 0 Å². The zero-order valence-corrected chi connectivity index (χ0v) is 12.2. The molecule has 2 aliphatic rings. The van der Waals surface area contributed by atoms with E-state index in [9.17, 15) is 9.59 Å². The van der Waals surface area contributed by atoms with Gasteiger partial charge in [0, 0.05) is 19.5 Å². The van der Waals surface area contributed by atoms with Gasteiger partial charge in [-0.05, 0) is 20.8 Å². The minimum Gasteiger partial charge on any atom is -0.444 e. The molecule has 0 aromatic carbocycles. The monoisotopic (exact) mass is 282 g/mol. The summed E-state index contributed by atoms with van der Waals surface area (Å²) in [5, 5.41) is 5.98. The van der Waals surface area contributed by atoms with Gasteiger partial charge in [-0.25, -0.2) is 4.79 Å². The highest BCUT2D eigenvalue weighted by Gasteiger charge is 2.27. The van der Waals surface area contributed by atoms with Crippen LogP contribution in [0.25, 0.3) is 0 Å². The molecular weight excluding hydrogens is 260 g/mol. The highest BCUT2D eigenvalue weighted by atomic mass is 16.6. The maximum Gasteiger partial charge on any atom is 0.410 e. The molecule has 0 radical (unpaired) electrons. The Bertz CT molecular complexity index is 428. The van der Waals surface area contributed by atoms with E-state index in [0.29, 0.717) is 32.6 Å². The van der Waals surface area contributed by atoms with Crippen LogP contribution in [0.1, 0.15) is 27.2 Å². The van der Waals surface area contributed by atoms with Crippen molar-refractivity contribution in [1.29, 1.82) is 0 Å². The summed E-state index contributed by atoms with van der Waals surface area (Å²) in [6, 6.07) is 0.0554. The quantitative estimate of drug-likeness (QED) is 0.715. The summed E-state index contributed by atoms with van der Waals surface area (Å²) in [5.74, 6) is 0.784. The summed E-state index contributed by atoms with van der Waals surface area (Å²) in [6.45, 7) is 7.65. The lowest BCUT2D eigenvalue weighted by molar-refractivity contribution is -0.119. The van der Waals surface area contributed by atoms with Gasteiger partial charge >= 0.3 is 6.09 Å². The van der Waals surface area contributed by atoms with Gasteiger partial charge < -0.3 is 15.4 Å². The number of amidine groups is 1. The van der Waals surface area contributed by atoms with E-state index in [1.54, 1.807) is 4.90 Å². The number of hydrogen-bond acceptors (Lipinski definition) is 5. The van der Waals surface area contributed by atoms with Crippen LogP contribution in [0.2, 0.25) is 0 Å². The molecule has 1 saturated heterocycles. The minimum absolute atomic E-state index is 0.0444. The molecule has 0 aliphatic carbocycles. The third-order valence-electron chi connectivity index (χ3n) is 3.01. The molecular formula is C13H22N4O3. The van der Waals surface area contributed by atoms with Gasteiger partial charge in [-0.2, -0.15) is 0 Å². The zero-order chi connectivity index (χ0) is 14.8. The third kappa shape index (κ3) is 4.11. The predicted octanol–water partition coefficient (Wildman–Crippen LogP) is 0.114. The fraction of sp³-hybridized carbons (Fsp3) is 0.769. The smallest absolute Gasteiger partial charge is 0.410 e. The van der Waals surface area contributed by atoms with Crippen molar-refractivity contribution in [2.24, 2.45) is 4.99 Å². The highest BCUT2D eigenvalue weighted by molar-refractivity contribution is 5.89. The maximum absolute atomic E-state index is 12.0. The molecule has 2 aliphatic heterocycles. The molecule has 2 N–H and O–H groups in total. The Morgan fingerprint density at radius 3 is 2.85 bits per heavy atom. The molecule has 2 amide bonds. The average molecular weight is 282 g/mol. The van der Waals surface area contributed by atoms with Crippen LogP contribution >= 0.6 is 0 Å². The predicted molar refractivity (Wildman–Crippen MR) is 74.7 cm³/mol. The number of carbonyl (C=O) groups excluding carboxylic acids is 2. The summed E-state index contributed by atoms with van der Waals surface area (Å²) < 4.78 is 5.35. The normalized spacial score (nSPS) is 23.1. The standard InChI is InChI=1S/C13H22N4O3/c1-13(2,3)20-12(19)17-5-4-14-10(8-17)16-9-6-11(18)15-7-9/h9H,4-8H2,1-3H3,(H,14,16)(H,15,18). The number of rotatable bonds is 1. The molecule has 1 unspecified atom stereocenters. The van der Waals surface area contributed by atoms with Crippen molar-refractivity contribution in [2.75, 3.05) is 26.2 Å². The Morgan fingerprint density at radius 1 is 1.50 bits per heavy atom. The molecule has 2 heterocycles. The van der Waals surface area contributed by atoms with Gasteiger partial charge in [0.25, 0.3) is 0 Å². The van der Waals surface area contributed by atoms with E-state index in [2.05, 4.69) is 15.6 Å². The number of nitrogens with one attached hydrogen (secondary N) is 2. The number of hydrogen-bond donors (Lipinski definition) is 2. The Labute approximate surface area is 118 Å². The Morgan fingerprint density at radius 2 is 2.25 bits per heavy atom. The fourth-order valence-electron chi connectivity index (χ4n) is 2.13. The molecule has 0 aromatic rings. The van der Waals surface area contributed by atoms with E-state index in [0.717, 1.165) is 5.84 Å². The molecule has 0 bridgehead atoms. The van der Waals surface area contributed by atoms with Crippen molar-refractivity contribution in [3.8, 4) is 0 Å². The number of ether oxygens (including phenoxy) is 1. The molecule has 2 rings (SSSR count). The maximum atomic E-state index is 12.0. The van der Waals surface area contributed by atoms with Crippen LogP contribution in [0.4, 0.5) is 4.79 Å². The van der Waals surface area contributed by atoms with Gasteiger partial charge in [0.1, 0.15) is 11.4 Å². The lowest BCUT2D eigenvalue weighted by Gasteiger charge is -2.30. The molecule has 7 nitrogen and oxygen atoms in total. The number of aliphatic imine (C=N–C) groups is 1. The second kappa shape index (κ2) is 5.68. The summed E-state index contributed by atoms with van der Waals surface area (Å²) in [5.41, 5.74) is -0.499. The van der Waals surface area contributed by atoms with Crippen molar-refractivity contribution in [2.45, 2.75) is 38.8 Å². The van der Waals surface area contributed by atoms with Gasteiger partial charge in [-0.3, -0.25) is 14.7 Å². The lowest BCUT2D eigenvalue weighted by Crippen LogP contribution is -2.49. The molecule has 1 fully saturated rings. The number of nitrogens with zero attached hydrogens (tertiary/aromatic N) is 2. The van der Waals surface area contributed by atoms with Gasteiger partial charge in [0.15, 0.2) is 0 Å². The van der Waals surface area contributed by atoms with Crippen LogP contribution in [-0.4, -0.2) is 60.6 Å². The first-order valence-electron chi connectivity index (χ1n) is 6.88. The fourth-order valence-corrected chi connectivity index (χ4v) is 2.13. The van der Waals surface area contributed by atoms with Crippen molar-refractivity contribution in [1.82, 2.24) is 15.5 Å². The molecule has 7 heteroatoms. The Hall–Kier alpha value is -1.79. The Balaban J connectivity index is 1.86. The summed E-state index contributed by atoms with van der Waals surface area (Å²) >= 11 is 0. The van der Waals surface area contributed by atoms with Crippen molar-refractivity contribution < 1.29 is 14.3 Å². The third-order valence-corrected chi connectivity index (χ3v) is 3.01. The van der Waals surface area contributed by atoms with Crippen LogP contribution in [0.3, 0.4) is 0 Å². The zero-order valence-electron chi connectivity index (χ0n) is 12.2. The minimum atomic E-state index is -0.499. The van der Waals surface area contributed by atoms with Crippen LogP contribution in [-0.2, 0) is 9.53 Å². The van der Waals surface area contributed by atoms with E-state index in [1.165, 1.54) is 0 Å². The lowest BCUT2D eigenvalue weighted by atomic mass is 10.2. The SMILES string of the molecule is CC(C)(C)OC(=O)N1CCN=C(NC2CNC(=O)C2)C1. The highest BCUT2D eigenvalue weighted by Crippen LogP contribution is 2.11. The molecule has 0 aromatic heterocycles. The Kier molecular flexibility index (Phi) is 4.15. The molecule has 0 saturated carbocycles. The molecule has 0 spiro atoms. The molecule has 112 valence electrons. The van der Waals surface area contributed by atoms with Crippen LogP contribution < -0.4 is 10.6 Å². The topological polar surface area (TPSA) is 83.0 Å².